The summed E-state index contributed by atoms with van der Waals surface area (Å²) < 4.78 is 5.06. The molecule has 0 saturated heterocycles. The summed E-state index contributed by atoms with van der Waals surface area (Å²) in [4.78, 5) is 38.3. The molecule has 0 aliphatic heterocycles. The van der Waals surface area contributed by atoms with Gasteiger partial charge in [-0.05, 0) is 56.4 Å². The van der Waals surface area contributed by atoms with Crippen molar-refractivity contribution in [1.82, 2.24) is 0 Å². The number of carbonyl (C=O) groups excluding carboxylic acids is 3. The molecule has 1 aromatic heterocycles. The van der Waals surface area contributed by atoms with Gasteiger partial charge in [-0.3, -0.25) is 14.4 Å². The molecule has 2 aromatic rings. The summed E-state index contributed by atoms with van der Waals surface area (Å²) in [6.07, 6.45) is 3.28. The van der Waals surface area contributed by atoms with Crippen LogP contribution < -0.4 is 0 Å². The fourth-order valence-electron chi connectivity index (χ4n) is 3.30. The van der Waals surface area contributed by atoms with E-state index >= 15 is 0 Å². The molecule has 0 N–H and O–H groups in total. The van der Waals surface area contributed by atoms with Crippen LogP contribution in [-0.4, -0.2) is 24.1 Å². The molecule has 1 aliphatic rings. The number of Topliss-reactive ketones (excluding diaryl/α,β-unsaturated/α-hetero) is 2. The molecule has 0 saturated carbocycles. The SMILES string of the molecule is Cc1cc(C(=O)CCC(=O)OCC(=O)c2ccc3c(c2)CCC3)c(C)s1. The molecule has 0 amide bonds. The zero-order valence-electron chi connectivity index (χ0n) is 15.1. The molecule has 0 spiro atoms. The Labute approximate surface area is 157 Å². The fourth-order valence-corrected chi connectivity index (χ4v) is 4.25. The number of benzene rings is 1. The normalized spacial score (nSPS) is 12.7. The molecular formula is C21H22O4S. The second-order valence-electron chi connectivity index (χ2n) is 6.67. The van der Waals surface area contributed by atoms with E-state index in [0.717, 1.165) is 29.0 Å². The summed E-state index contributed by atoms with van der Waals surface area (Å²) in [6.45, 7) is 3.58. The number of aryl methyl sites for hydroxylation is 4. The summed E-state index contributed by atoms with van der Waals surface area (Å²) in [6, 6.07) is 7.54. The van der Waals surface area contributed by atoms with Gasteiger partial charge in [-0.1, -0.05) is 12.1 Å². The topological polar surface area (TPSA) is 60.4 Å². The smallest absolute Gasteiger partial charge is 0.306 e. The molecule has 0 radical (unpaired) electrons. The van der Waals surface area contributed by atoms with Crippen LogP contribution >= 0.6 is 11.3 Å². The van der Waals surface area contributed by atoms with E-state index in [1.165, 1.54) is 11.1 Å². The molecule has 0 atom stereocenters. The van der Waals surface area contributed by atoms with Crippen LogP contribution in [0, 0.1) is 13.8 Å². The third-order valence-electron chi connectivity index (χ3n) is 4.68. The Balaban J connectivity index is 1.47. The van der Waals surface area contributed by atoms with Crippen LogP contribution in [0.25, 0.3) is 0 Å². The minimum absolute atomic E-state index is 0.00929. The van der Waals surface area contributed by atoms with E-state index in [0.29, 0.717) is 11.1 Å². The lowest BCUT2D eigenvalue weighted by molar-refractivity contribution is -0.142. The number of carbonyl (C=O) groups is 3. The maximum absolute atomic E-state index is 12.2. The number of esters is 1. The van der Waals surface area contributed by atoms with Gasteiger partial charge in [0, 0.05) is 27.3 Å². The molecule has 1 aliphatic carbocycles. The van der Waals surface area contributed by atoms with Gasteiger partial charge in [-0.25, -0.2) is 0 Å². The van der Waals surface area contributed by atoms with Crippen molar-refractivity contribution in [2.45, 2.75) is 46.0 Å². The molecule has 0 bridgehead atoms. The predicted molar refractivity (Wildman–Crippen MR) is 101 cm³/mol. The Bertz CT molecular complexity index is 863. The zero-order chi connectivity index (χ0) is 18.7. The van der Waals surface area contributed by atoms with Crippen molar-refractivity contribution >= 4 is 28.9 Å². The van der Waals surface area contributed by atoms with Crippen LogP contribution in [0.15, 0.2) is 24.3 Å². The van der Waals surface area contributed by atoms with Crippen molar-refractivity contribution in [3.8, 4) is 0 Å². The van der Waals surface area contributed by atoms with E-state index in [-0.39, 0.29) is 31.0 Å². The lowest BCUT2D eigenvalue weighted by Crippen LogP contribution is -2.15. The van der Waals surface area contributed by atoms with E-state index in [9.17, 15) is 14.4 Å². The Morgan fingerprint density at radius 1 is 1.00 bits per heavy atom. The van der Waals surface area contributed by atoms with Crippen LogP contribution in [0.3, 0.4) is 0 Å². The predicted octanol–water partition coefficient (Wildman–Crippen LogP) is 4.24. The van der Waals surface area contributed by atoms with Crippen LogP contribution in [0.2, 0.25) is 0 Å². The maximum atomic E-state index is 12.2. The van der Waals surface area contributed by atoms with Crippen molar-refractivity contribution in [2.24, 2.45) is 0 Å². The van der Waals surface area contributed by atoms with Crippen molar-refractivity contribution in [2.75, 3.05) is 6.61 Å². The highest BCUT2D eigenvalue weighted by Gasteiger charge is 2.17. The summed E-state index contributed by atoms with van der Waals surface area (Å²) in [5.41, 5.74) is 3.78. The van der Waals surface area contributed by atoms with Gasteiger partial charge in [0.2, 0.25) is 0 Å². The molecule has 1 heterocycles. The van der Waals surface area contributed by atoms with E-state index in [1.807, 2.05) is 32.0 Å². The van der Waals surface area contributed by atoms with Crippen LogP contribution in [-0.2, 0) is 22.4 Å². The van der Waals surface area contributed by atoms with Crippen molar-refractivity contribution in [3.05, 3.63) is 56.3 Å². The first kappa shape index (κ1) is 18.5. The fraction of sp³-hybridized carbons (Fsp3) is 0.381. The first-order chi connectivity index (χ1) is 12.4. The number of rotatable bonds is 7. The first-order valence-electron chi connectivity index (χ1n) is 8.85. The highest BCUT2D eigenvalue weighted by atomic mass is 32.1. The molecule has 4 nitrogen and oxygen atoms in total. The third-order valence-corrected chi connectivity index (χ3v) is 5.65. The van der Waals surface area contributed by atoms with E-state index < -0.39 is 5.97 Å². The standard InChI is InChI=1S/C21H22O4S/c1-13-10-18(14(2)26-13)19(22)8-9-21(24)25-12-20(23)17-7-6-15-4-3-5-16(15)11-17/h6-7,10-11H,3-5,8-9,12H2,1-2H3. The second-order valence-corrected chi connectivity index (χ2v) is 8.13. The number of ether oxygens (including phenoxy) is 1. The van der Waals surface area contributed by atoms with Crippen molar-refractivity contribution in [3.63, 3.8) is 0 Å². The van der Waals surface area contributed by atoms with Crippen LogP contribution in [0.5, 0.6) is 0 Å². The quantitative estimate of drug-likeness (QED) is 0.540. The van der Waals surface area contributed by atoms with E-state index in [1.54, 1.807) is 17.4 Å². The summed E-state index contributed by atoms with van der Waals surface area (Å²) in [5, 5.41) is 0. The number of ketones is 2. The van der Waals surface area contributed by atoms with Gasteiger partial charge >= 0.3 is 5.97 Å². The highest BCUT2D eigenvalue weighted by molar-refractivity contribution is 7.12. The Kier molecular flexibility index (Phi) is 5.67. The number of hydrogen-bond donors (Lipinski definition) is 0. The molecule has 136 valence electrons. The largest absolute Gasteiger partial charge is 0.457 e. The van der Waals surface area contributed by atoms with Gasteiger partial charge in [0.25, 0.3) is 0 Å². The van der Waals surface area contributed by atoms with Gasteiger partial charge in [-0.15, -0.1) is 11.3 Å². The monoisotopic (exact) mass is 370 g/mol. The third kappa shape index (κ3) is 4.28. The summed E-state index contributed by atoms with van der Waals surface area (Å²) in [7, 11) is 0. The lowest BCUT2D eigenvalue weighted by Gasteiger charge is -2.06. The average molecular weight is 370 g/mol. The lowest BCUT2D eigenvalue weighted by atomic mass is 10.0. The van der Waals surface area contributed by atoms with Crippen LogP contribution in [0.4, 0.5) is 0 Å². The van der Waals surface area contributed by atoms with Gasteiger partial charge in [0.15, 0.2) is 18.2 Å². The summed E-state index contributed by atoms with van der Waals surface area (Å²) >= 11 is 1.57. The van der Waals surface area contributed by atoms with Gasteiger partial charge < -0.3 is 4.74 Å². The Morgan fingerprint density at radius 2 is 1.77 bits per heavy atom. The molecule has 0 unspecified atom stereocenters. The average Bonchev–Trinajstić information content (AvgIpc) is 3.22. The van der Waals surface area contributed by atoms with E-state index in [2.05, 4.69) is 0 Å². The van der Waals surface area contributed by atoms with Gasteiger partial charge in [0.05, 0.1) is 6.42 Å². The van der Waals surface area contributed by atoms with E-state index in [4.69, 9.17) is 4.74 Å². The van der Waals surface area contributed by atoms with Crippen molar-refractivity contribution in [1.29, 1.82) is 0 Å². The first-order valence-corrected chi connectivity index (χ1v) is 9.66. The maximum Gasteiger partial charge on any atom is 0.306 e. The van der Waals surface area contributed by atoms with Crippen LogP contribution in [0.1, 0.15) is 60.9 Å². The van der Waals surface area contributed by atoms with Gasteiger partial charge in [0.1, 0.15) is 0 Å². The second kappa shape index (κ2) is 7.96. The molecule has 5 heteroatoms. The van der Waals surface area contributed by atoms with Gasteiger partial charge in [-0.2, -0.15) is 0 Å². The molecule has 3 rings (SSSR count). The Hall–Kier alpha value is -2.27. The highest BCUT2D eigenvalue weighted by Crippen LogP contribution is 2.23. The Morgan fingerprint density at radius 3 is 2.50 bits per heavy atom. The number of thiophene rings is 1. The molecule has 1 aromatic carbocycles. The molecule has 26 heavy (non-hydrogen) atoms. The summed E-state index contributed by atoms with van der Waals surface area (Å²) in [5.74, 6) is -0.783. The minimum Gasteiger partial charge on any atom is -0.457 e. The molecular weight excluding hydrogens is 348 g/mol. The minimum atomic E-state index is -0.516. The zero-order valence-corrected chi connectivity index (χ0v) is 15.9. The number of fused-ring (bicyclic) bond motifs is 1. The van der Waals surface area contributed by atoms with Crippen molar-refractivity contribution < 1.29 is 19.1 Å². The molecule has 0 fully saturated rings. The number of hydrogen-bond acceptors (Lipinski definition) is 5.